The fourth-order valence-electron chi connectivity index (χ4n) is 3.91. The van der Waals surface area contributed by atoms with Crippen LogP contribution in [0.2, 0.25) is 0 Å². The molecule has 22 heavy (non-hydrogen) atoms. The van der Waals surface area contributed by atoms with Crippen LogP contribution in [0.1, 0.15) is 50.3 Å². The maximum absolute atomic E-state index is 10.4. The fourth-order valence-corrected chi connectivity index (χ4v) is 3.91. The highest BCUT2D eigenvalue weighted by atomic mass is 16.3. The summed E-state index contributed by atoms with van der Waals surface area (Å²) in [6.45, 7) is 3.50. The summed E-state index contributed by atoms with van der Waals surface area (Å²) in [6, 6.07) is 0. The summed E-state index contributed by atoms with van der Waals surface area (Å²) in [5, 5.41) is 20.3. The Bertz CT molecular complexity index is 523. The quantitative estimate of drug-likeness (QED) is 0.886. The molecule has 0 amide bonds. The van der Waals surface area contributed by atoms with Crippen molar-refractivity contribution in [1.82, 2.24) is 9.97 Å². The first kappa shape index (κ1) is 15.7. The highest BCUT2D eigenvalue weighted by molar-refractivity contribution is 5.36. The number of aromatic nitrogens is 2. The summed E-state index contributed by atoms with van der Waals surface area (Å²) < 4.78 is 0. The lowest BCUT2D eigenvalue weighted by Crippen LogP contribution is -2.54. The number of nitrogens with zero attached hydrogens (tertiary/aromatic N) is 3. The Morgan fingerprint density at radius 1 is 1.36 bits per heavy atom. The second-order valence-corrected chi connectivity index (χ2v) is 6.85. The van der Waals surface area contributed by atoms with Crippen LogP contribution in [0.4, 0.5) is 5.95 Å². The molecule has 122 valence electrons. The number of rotatable bonds is 4. The molecule has 1 aliphatic heterocycles. The van der Waals surface area contributed by atoms with Gasteiger partial charge in [0, 0.05) is 30.4 Å². The van der Waals surface area contributed by atoms with E-state index in [1.807, 2.05) is 6.20 Å². The van der Waals surface area contributed by atoms with Crippen LogP contribution in [0.25, 0.3) is 0 Å². The predicted molar refractivity (Wildman–Crippen MR) is 85.9 cm³/mol. The SMILES string of the molecule is CCC[C@@]1(CO)CN(c2ncc3c(n2)CCCC3)CC[C@@H]1O. The van der Waals surface area contributed by atoms with E-state index in [1.165, 1.54) is 24.1 Å². The summed E-state index contributed by atoms with van der Waals surface area (Å²) in [4.78, 5) is 11.5. The van der Waals surface area contributed by atoms with E-state index in [-0.39, 0.29) is 6.61 Å². The first-order chi connectivity index (χ1) is 10.7. The van der Waals surface area contributed by atoms with Crippen molar-refractivity contribution in [1.29, 1.82) is 0 Å². The summed E-state index contributed by atoms with van der Waals surface area (Å²) in [6.07, 6.45) is 8.55. The van der Waals surface area contributed by atoms with Gasteiger partial charge in [-0.05, 0) is 44.1 Å². The van der Waals surface area contributed by atoms with E-state index in [4.69, 9.17) is 4.98 Å². The molecular formula is C17H27N3O2. The number of aliphatic hydroxyl groups is 2. The first-order valence-corrected chi connectivity index (χ1v) is 8.57. The summed E-state index contributed by atoms with van der Waals surface area (Å²) in [5.41, 5.74) is 2.04. The van der Waals surface area contributed by atoms with Gasteiger partial charge in [-0.15, -0.1) is 0 Å². The van der Waals surface area contributed by atoms with Crippen LogP contribution in [-0.2, 0) is 12.8 Å². The lowest BCUT2D eigenvalue weighted by Gasteiger charge is -2.45. The average Bonchev–Trinajstić information content (AvgIpc) is 2.56. The zero-order valence-electron chi connectivity index (χ0n) is 13.5. The molecule has 0 radical (unpaired) electrons. The van der Waals surface area contributed by atoms with E-state index in [0.717, 1.165) is 38.2 Å². The third-order valence-electron chi connectivity index (χ3n) is 5.28. The lowest BCUT2D eigenvalue weighted by molar-refractivity contribution is -0.0354. The van der Waals surface area contributed by atoms with E-state index in [2.05, 4.69) is 16.8 Å². The maximum Gasteiger partial charge on any atom is 0.225 e. The molecule has 1 aromatic heterocycles. The van der Waals surface area contributed by atoms with E-state index >= 15 is 0 Å². The molecule has 3 rings (SSSR count). The van der Waals surface area contributed by atoms with Crippen molar-refractivity contribution < 1.29 is 10.2 Å². The number of hydrogen-bond donors (Lipinski definition) is 2. The Hall–Kier alpha value is -1.20. The lowest BCUT2D eigenvalue weighted by atomic mass is 9.74. The zero-order valence-corrected chi connectivity index (χ0v) is 13.5. The molecule has 1 aromatic rings. The molecule has 0 saturated carbocycles. The number of hydrogen-bond acceptors (Lipinski definition) is 5. The van der Waals surface area contributed by atoms with Gasteiger partial charge in [0.25, 0.3) is 0 Å². The van der Waals surface area contributed by atoms with Gasteiger partial charge in [0.1, 0.15) is 0 Å². The molecule has 0 spiro atoms. The monoisotopic (exact) mass is 305 g/mol. The molecule has 2 heterocycles. The highest BCUT2D eigenvalue weighted by Crippen LogP contribution is 2.36. The van der Waals surface area contributed by atoms with Gasteiger partial charge in [-0.2, -0.15) is 0 Å². The van der Waals surface area contributed by atoms with Crippen LogP contribution >= 0.6 is 0 Å². The molecule has 0 bridgehead atoms. The molecular weight excluding hydrogens is 278 g/mol. The van der Waals surface area contributed by atoms with Crippen LogP contribution < -0.4 is 4.90 Å². The second-order valence-electron chi connectivity index (χ2n) is 6.85. The number of anilines is 1. The van der Waals surface area contributed by atoms with Gasteiger partial charge in [0.05, 0.1) is 12.7 Å². The molecule has 5 heteroatoms. The maximum atomic E-state index is 10.4. The summed E-state index contributed by atoms with van der Waals surface area (Å²) >= 11 is 0. The molecule has 1 fully saturated rings. The van der Waals surface area contributed by atoms with Crippen molar-refractivity contribution in [2.75, 3.05) is 24.6 Å². The van der Waals surface area contributed by atoms with Crippen molar-refractivity contribution in [2.24, 2.45) is 5.41 Å². The van der Waals surface area contributed by atoms with Crippen molar-refractivity contribution in [3.8, 4) is 0 Å². The number of piperidine rings is 1. The van der Waals surface area contributed by atoms with E-state index in [1.54, 1.807) is 0 Å². The number of fused-ring (bicyclic) bond motifs is 1. The van der Waals surface area contributed by atoms with Crippen molar-refractivity contribution in [3.63, 3.8) is 0 Å². The predicted octanol–water partition coefficient (Wildman–Crippen LogP) is 1.71. The van der Waals surface area contributed by atoms with Gasteiger partial charge in [-0.1, -0.05) is 13.3 Å². The normalized spacial score (nSPS) is 28.5. The zero-order chi connectivity index (χ0) is 15.6. The molecule has 2 aliphatic rings. The molecule has 2 N–H and O–H groups in total. The Kier molecular flexibility index (Phi) is 4.64. The third-order valence-corrected chi connectivity index (χ3v) is 5.28. The van der Waals surface area contributed by atoms with E-state index < -0.39 is 11.5 Å². The minimum atomic E-state index is -0.439. The van der Waals surface area contributed by atoms with E-state index in [9.17, 15) is 10.2 Å². The van der Waals surface area contributed by atoms with Gasteiger partial charge < -0.3 is 15.1 Å². The standard InChI is InChI=1S/C17H27N3O2/c1-2-8-17(12-21)11-20(9-7-15(17)22)16-18-10-13-5-3-4-6-14(13)19-16/h10,15,21-22H,2-9,11-12H2,1H3/t15-,17-/m0/s1. The highest BCUT2D eigenvalue weighted by Gasteiger charge is 2.42. The molecule has 1 aliphatic carbocycles. The number of aryl methyl sites for hydroxylation is 2. The van der Waals surface area contributed by atoms with Crippen LogP contribution in [0.5, 0.6) is 0 Å². The summed E-state index contributed by atoms with van der Waals surface area (Å²) in [7, 11) is 0. The van der Waals surface area contributed by atoms with Crippen molar-refractivity contribution in [3.05, 3.63) is 17.5 Å². The second kappa shape index (κ2) is 6.50. The van der Waals surface area contributed by atoms with Gasteiger partial charge in [-0.25, -0.2) is 9.97 Å². The van der Waals surface area contributed by atoms with Crippen molar-refractivity contribution >= 4 is 5.95 Å². The molecule has 0 unspecified atom stereocenters. The Morgan fingerprint density at radius 2 is 2.18 bits per heavy atom. The Morgan fingerprint density at radius 3 is 2.95 bits per heavy atom. The van der Waals surface area contributed by atoms with Crippen LogP contribution in [0.15, 0.2) is 6.20 Å². The van der Waals surface area contributed by atoms with Gasteiger partial charge in [0.2, 0.25) is 5.95 Å². The van der Waals surface area contributed by atoms with Crippen molar-refractivity contribution in [2.45, 2.75) is 58.0 Å². The largest absolute Gasteiger partial charge is 0.396 e. The molecule has 0 aromatic carbocycles. The van der Waals surface area contributed by atoms with Crippen LogP contribution in [0.3, 0.4) is 0 Å². The van der Waals surface area contributed by atoms with E-state index in [0.29, 0.717) is 13.0 Å². The fraction of sp³-hybridized carbons (Fsp3) is 0.765. The van der Waals surface area contributed by atoms with Crippen LogP contribution in [0, 0.1) is 5.41 Å². The van der Waals surface area contributed by atoms with Gasteiger partial charge in [-0.3, -0.25) is 0 Å². The summed E-state index contributed by atoms with van der Waals surface area (Å²) in [5.74, 6) is 0.765. The van der Waals surface area contributed by atoms with Gasteiger partial charge in [0.15, 0.2) is 0 Å². The molecule has 2 atom stereocenters. The number of aliphatic hydroxyl groups excluding tert-OH is 2. The average molecular weight is 305 g/mol. The third kappa shape index (κ3) is 2.84. The Labute approximate surface area is 132 Å². The first-order valence-electron chi connectivity index (χ1n) is 8.57. The molecule has 1 saturated heterocycles. The van der Waals surface area contributed by atoms with Crippen LogP contribution in [-0.4, -0.2) is 46.0 Å². The molecule has 5 nitrogen and oxygen atoms in total. The Balaban J connectivity index is 1.82. The topological polar surface area (TPSA) is 69.5 Å². The van der Waals surface area contributed by atoms with Gasteiger partial charge >= 0.3 is 0 Å². The minimum absolute atomic E-state index is 0.0173. The minimum Gasteiger partial charge on any atom is -0.396 e. The smallest absolute Gasteiger partial charge is 0.225 e.